The van der Waals surface area contributed by atoms with Gasteiger partial charge in [-0.1, -0.05) is 0 Å². The highest BCUT2D eigenvalue weighted by molar-refractivity contribution is 5.92. The molecule has 1 aromatic heterocycles. The lowest BCUT2D eigenvalue weighted by Crippen LogP contribution is -2.20. The zero-order valence-electron chi connectivity index (χ0n) is 13.6. The molecule has 24 heavy (non-hydrogen) atoms. The molecule has 1 aliphatic heterocycles. The molecule has 0 radical (unpaired) electrons. The van der Waals surface area contributed by atoms with Crippen LogP contribution in [0, 0.1) is 12.7 Å². The Bertz CT molecular complexity index is 870. The van der Waals surface area contributed by atoms with Crippen molar-refractivity contribution in [1.82, 2.24) is 9.97 Å². The van der Waals surface area contributed by atoms with Crippen molar-refractivity contribution >= 4 is 28.1 Å². The average molecular weight is 322 g/mol. The van der Waals surface area contributed by atoms with Crippen LogP contribution < -0.4 is 10.2 Å². The molecule has 4 rings (SSSR count). The van der Waals surface area contributed by atoms with Crippen molar-refractivity contribution < 1.29 is 4.39 Å². The number of anilines is 3. The van der Waals surface area contributed by atoms with Crippen LogP contribution in [-0.4, -0.2) is 23.1 Å². The highest BCUT2D eigenvalue weighted by Gasteiger charge is 2.17. The van der Waals surface area contributed by atoms with Crippen LogP contribution in [0.3, 0.4) is 0 Å². The van der Waals surface area contributed by atoms with Gasteiger partial charge in [0.1, 0.15) is 17.5 Å². The van der Waals surface area contributed by atoms with Gasteiger partial charge in [-0.05, 0) is 62.2 Å². The minimum atomic E-state index is -0.238. The van der Waals surface area contributed by atoms with E-state index in [1.807, 2.05) is 19.1 Å². The summed E-state index contributed by atoms with van der Waals surface area (Å²) in [6.45, 7) is 4.04. The van der Waals surface area contributed by atoms with Gasteiger partial charge in [-0.25, -0.2) is 14.4 Å². The molecule has 4 nitrogen and oxygen atoms in total. The van der Waals surface area contributed by atoms with Gasteiger partial charge in [-0.15, -0.1) is 0 Å². The maximum atomic E-state index is 13.0. The van der Waals surface area contributed by atoms with E-state index in [1.54, 1.807) is 12.1 Å². The van der Waals surface area contributed by atoms with E-state index in [9.17, 15) is 4.39 Å². The van der Waals surface area contributed by atoms with Crippen molar-refractivity contribution in [3.05, 3.63) is 54.1 Å². The van der Waals surface area contributed by atoms with Gasteiger partial charge in [0.25, 0.3) is 0 Å². The molecule has 0 spiro atoms. The normalized spacial score (nSPS) is 14.3. The number of aromatic nitrogens is 2. The van der Waals surface area contributed by atoms with E-state index < -0.39 is 0 Å². The predicted octanol–water partition coefficient (Wildman–Crippen LogP) is 4.42. The number of benzene rings is 2. The molecule has 0 aliphatic carbocycles. The lowest BCUT2D eigenvalue weighted by atomic mass is 10.2. The molecule has 2 heterocycles. The highest BCUT2D eigenvalue weighted by atomic mass is 19.1. The number of aryl methyl sites for hydroxylation is 1. The molecular weight excluding hydrogens is 303 g/mol. The van der Waals surface area contributed by atoms with Crippen molar-refractivity contribution in [3.63, 3.8) is 0 Å². The van der Waals surface area contributed by atoms with Crippen molar-refractivity contribution in [1.29, 1.82) is 0 Å². The number of nitrogens with zero attached hydrogens (tertiary/aromatic N) is 3. The standard InChI is InChI=1S/C19H19FN4/c1-13-21-18-12-16(23-15-6-4-14(20)5-7-15)8-9-17(18)19(22-13)24-10-2-3-11-24/h4-9,12,23H,2-3,10-11H2,1H3. The molecular formula is C19H19FN4. The molecule has 122 valence electrons. The Balaban J connectivity index is 1.71. The number of nitrogens with one attached hydrogen (secondary N) is 1. The number of halogens is 1. The second-order valence-corrected chi connectivity index (χ2v) is 6.15. The topological polar surface area (TPSA) is 41.1 Å². The zero-order valence-corrected chi connectivity index (χ0v) is 13.6. The smallest absolute Gasteiger partial charge is 0.140 e. The minimum Gasteiger partial charge on any atom is -0.356 e. The second-order valence-electron chi connectivity index (χ2n) is 6.15. The maximum Gasteiger partial charge on any atom is 0.140 e. The lowest BCUT2D eigenvalue weighted by molar-refractivity contribution is 0.628. The Labute approximate surface area is 140 Å². The highest BCUT2D eigenvalue weighted by Crippen LogP contribution is 2.29. The Hall–Kier alpha value is -2.69. The first-order valence-electron chi connectivity index (χ1n) is 8.25. The summed E-state index contributed by atoms with van der Waals surface area (Å²) in [6.07, 6.45) is 2.43. The van der Waals surface area contributed by atoms with Crippen LogP contribution in [0.5, 0.6) is 0 Å². The van der Waals surface area contributed by atoms with Crippen molar-refractivity contribution in [3.8, 4) is 0 Å². The van der Waals surface area contributed by atoms with Crippen molar-refractivity contribution in [2.75, 3.05) is 23.3 Å². The van der Waals surface area contributed by atoms with Gasteiger partial charge >= 0.3 is 0 Å². The van der Waals surface area contributed by atoms with Crippen LogP contribution in [0.4, 0.5) is 21.6 Å². The number of hydrogen-bond donors (Lipinski definition) is 1. The average Bonchev–Trinajstić information content (AvgIpc) is 3.10. The molecule has 1 N–H and O–H groups in total. The van der Waals surface area contributed by atoms with Gasteiger partial charge in [0.15, 0.2) is 0 Å². The third kappa shape index (κ3) is 2.89. The SMILES string of the molecule is Cc1nc(N2CCCC2)c2ccc(Nc3ccc(F)cc3)cc2n1. The summed E-state index contributed by atoms with van der Waals surface area (Å²) in [4.78, 5) is 11.6. The Morgan fingerprint density at radius 1 is 0.958 bits per heavy atom. The summed E-state index contributed by atoms with van der Waals surface area (Å²) in [7, 11) is 0. The van der Waals surface area contributed by atoms with Gasteiger partial charge in [0.2, 0.25) is 0 Å². The second kappa shape index (κ2) is 6.07. The van der Waals surface area contributed by atoms with E-state index in [4.69, 9.17) is 0 Å². The predicted molar refractivity (Wildman–Crippen MR) is 95.4 cm³/mol. The van der Waals surface area contributed by atoms with Crippen LogP contribution in [0.2, 0.25) is 0 Å². The van der Waals surface area contributed by atoms with E-state index in [2.05, 4.69) is 26.3 Å². The van der Waals surface area contributed by atoms with E-state index in [-0.39, 0.29) is 5.82 Å². The van der Waals surface area contributed by atoms with Crippen molar-refractivity contribution in [2.24, 2.45) is 0 Å². The first-order chi connectivity index (χ1) is 11.7. The van der Waals surface area contributed by atoms with E-state index in [0.29, 0.717) is 0 Å². The van der Waals surface area contributed by atoms with Gasteiger partial charge < -0.3 is 10.2 Å². The van der Waals surface area contributed by atoms with Gasteiger partial charge in [0, 0.05) is 29.9 Å². The molecule has 5 heteroatoms. The van der Waals surface area contributed by atoms with E-state index in [1.165, 1.54) is 25.0 Å². The number of rotatable bonds is 3. The van der Waals surface area contributed by atoms with Crippen LogP contribution in [0.15, 0.2) is 42.5 Å². The van der Waals surface area contributed by atoms with Crippen LogP contribution in [-0.2, 0) is 0 Å². The zero-order chi connectivity index (χ0) is 16.5. The molecule has 0 saturated carbocycles. The van der Waals surface area contributed by atoms with Crippen LogP contribution in [0.25, 0.3) is 10.9 Å². The molecule has 0 unspecified atom stereocenters. The first-order valence-corrected chi connectivity index (χ1v) is 8.25. The largest absolute Gasteiger partial charge is 0.356 e. The van der Waals surface area contributed by atoms with Gasteiger partial charge in [0.05, 0.1) is 5.52 Å². The summed E-state index contributed by atoms with van der Waals surface area (Å²) < 4.78 is 13.0. The molecule has 0 amide bonds. The monoisotopic (exact) mass is 322 g/mol. The third-order valence-electron chi connectivity index (χ3n) is 4.33. The van der Waals surface area contributed by atoms with Crippen LogP contribution in [0.1, 0.15) is 18.7 Å². The Morgan fingerprint density at radius 3 is 2.42 bits per heavy atom. The summed E-state index contributed by atoms with van der Waals surface area (Å²) in [6, 6.07) is 12.4. The molecule has 1 aliphatic rings. The fraction of sp³-hybridized carbons (Fsp3) is 0.263. The first kappa shape index (κ1) is 14.9. The molecule has 2 aromatic carbocycles. The fourth-order valence-electron chi connectivity index (χ4n) is 3.17. The molecule has 0 bridgehead atoms. The fourth-order valence-corrected chi connectivity index (χ4v) is 3.17. The van der Waals surface area contributed by atoms with Crippen molar-refractivity contribution in [2.45, 2.75) is 19.8 Å². The number of fused-ring (bicyclic) bond motifs is 1. The molecule has 1 saturated heterocycles. The third-order valence-corrected chi connectivity index (χ3v) is 4.33. The maximum absolute atomic E-state index is 13.0. The van der Waals surface area contributed by atoms with Crippen LogP contribution >= 0.6 is 0 Å². The quantitative estimate of drug-likeness (QED) is 0.775. The molecule has 1 fully saturated rings. The number of hydrogen-bond acceptors (Lipinski definition) is 4. The summed E-state index contributed by atoms with van der Waals surface area (Å²) in [5.41, 5.74) is 2.71. The van der Waals surface area contributed by atoms with E-state index in [0.717, 1.165) is 47.0 Å². The van der Waals surface area contributed by atoms with E-state index >= 15 is 0 Å². The molecule has 3 aromatic rings. The minimum absolute atomic E-state index is 0.238. The lowest BCUT2D eigenvalue weighted by Gasteiger charge is -2.19. The molecule has 0 atom stereocenters. The Kier molecular flexibility index (Phi) is 3.76. The Morgan fingerprint density at radius 2 is 1.67 bits per heavy atom. The van der Waals surface area contributed by atoms with Gasteiger partial charge in [-0.2, -0.15) is 0 Å². The van der Waals surface area contributed by atoms with Gasteiger partial charge in [-0.3, -0.25) is 0 Å². The summed E-state index contributed by atoms with van der Waals surface area (Å²) >= 11 is 0. The summed E-state index contributed by atoms with van der Waals surface area (Å²) in [5, 5.41) is 4.37. The summed E-state index contributed by atoms with van der Waals surface area (Å²) in [5.74, 6) is 1.57.